The maximum Gasteiger partial charge on any atom is 0.262 e. The molecule has 1 aliphatic carbocycles. The topological polar surface area (TPSA) is 64.0 Å². The Balaban J connectivity index is 1.93. The highest BCUT2D eigenvalue weighted by Crippen LogP contribution is 2.28. The molecular weight excluding hydrogens is 298 g/mol. The van der Waals surface area contributed by atoms with Gasteiger partial charge in [0.2, 0.25) is 0 Å². The summed E-state index contributed by atoms with van der Waals surface area (Å²) in [5, 5.41) is 3.58. The van der Waals surface area contributed by atoms with Crippen LogP contribution in [0, 0.1) is 6.92 Å². The van der Waals surface area contributed by atoms with E-state index in [-0.39, 0.29) is 11.5 Å². The van der Waals surface area contributed by atoms with E-state index < -0.39 is 0 Å². The van der Waals surface area contributed by atoms with E-state index in [0.717, 1.165) is 37.7 Å². The highest BCUT2D eigenvalue weighted by Gasteiger charge is 2.26. The maximum atomic E-state index is 12.6. The Morgan fingerprint density at radius 3 is 2.91 bits per heavy atom. The molecule has 22 heavy (non-hydrogen) atoms. The molecule has 2 aromatic rings. The van der Waals surface area contributed by atoms with Gasteiger partial charge in [0.1, 0.15) is 4.83 Å². The van der Waals surface area contributed by atoms with E-state index in [4.69, 9.17) is 0 Å². The Hall–Kier alpha value is -1.69. The lowest BCUT2D eigenvalue weighted by atomic mass is 10.2. The molecule has 1 saturated carbocycles. The predicted octanol–water partition coefficient (Wildman–Crippen LogP) is 2.85. The zero-order chi connectivity index (χ0) is 15.7. The van der Waals surface area contributed by atoms with E-state index in [1.54, 1.807) is 10.9 Å². The van der Waals surface area contributed by atoms with Crippen LogP contribution in [-0.4, -0.2) is 21.5 Å². The third-order valence-electron chi connectivity index (χ3n) is 4.04. The number of aromatic nitrogens is 2. The van der Waals surface area contributed by atoms with Gasteiger partial charge in [-0.1, -0.05) is 19.8 Å². The van der Waals surface area contributed by atoms with Crippen molar-refractivity contribution in [3.05, 3.63) is 27.1 Å². The molecule has 1 fully saturated rings. The van der Waals surface area contributed by atoms with Crippen molar-refractivity contribution < 1.29 is 4.79 Å². The molecular formula is C16H21N3O2S. The Morgan fingerprint density at radius 2 is 2.23 bits per heavy atom. The van der Waals surface area contributed by atoms with Crippen LogP contribution >= 0.6 is 11.3 Å². The fourth-order valence-electron chi connectivity index (χ4n) is 2.55. The standard InChI is InChI=1S/C16H21N3O2S/c1-3-4-5-8-19-9-17-15-12(16(19)21)10(2)13(22-15)14(20)18-11-6-7-11/h9,11H,3-8H2,1-2H3,(H,18,20). The molecule has 0 saturated heterocycles. The summed E-state index contributed by atoms with van der Waals surface area (Å²) in [6.45, 7) is 4.67. The zero-order valence-corrected chi connectivity index (χ0v) is 13.8. The molecule has 0 aliphatic heterocycles. The number of thiophene rings is 1. The van der Waals surface area contributed by atoms with Crippen molar-refractivity contribution in [2.45, 2.75) is 58.5 Å². The lowest BCUT2D eigenvalue weighted by Gasteiger charge is -2.04. The van der Waals surface area contributed by atoms with Crippen LogP contribution in [0.3, 0.4) is 0 Å². The molecule has 0 radical (unpaired) electrons. The van der Waals surface area contributed by atoms with Gasteiger partial charge in [0, 0.05) is 12.6 Å². The first-order chi connectivity index (χ1) is 10.6. The lowest BCUT2D eigenvalue weighted by molar-refractivity contribution is 0.0954. The van der Waals surface area contributed by atoms with Crippen molar-refractivity contribution in [2.75, 3.05) is 0 Å². The quantitative estimate of drug-likeness (QED) is 0.833. The number of fused-ring (bicyclic) bond motifs is 1. The smallest absolute Gasteiger partial charge is 0.262 e. The van der Waals surface area contributed by atoms with E-state index in [9.17, 15) is 9.59 Å². The minimum atomic E-state index is -0.0695. The van der Waals surface area contributed by atoms with Gasteiger partial charge in [-0.15, -0.1) is 11.3 Å². The molecule has 118 valence electrons. The Morgan fingerprint density at radius 1 is 1.45 bits per heavy atom. The van der Waals surface area contributed by atoms with Crippen molar-refractivity contribution in [2.24, 2.45) is 0 Å². The van der Waals surface area contributed by atoms with Gasteiger partial charge >= 0.3 is 0 Å². The summed E-state index contributed by atoms with van der Waals surface area (Å²) in [6, 6.07) is 0.316. The molecule has 0 spiro atoms. The third-order valence-corrected chi connectivity index (χ3v) is 5.24. The SMILES string of the molecule is CCCCCn1cnc2sc(C(=O)NC3CC3)c(C)c2c1=O. The summed E-state index contributed by atoms with van der Waals surface area (Å²) in [7, 11) is 0. The number of hydrogen-bond acceptors (Lipinski definition) is 4. The second-order valence-electron chi connectivity index (χ2n) is 5.93. The lowest BCUT2D eigenvalue weighted by Crippen LogP contribution is -2.25. The number of nitrogens with one attached hydrogen (secondary N) is 1. The Kier molecular flexibility index (Phi) is 4.29. The largest absolute Gasteiger partial charge is 0.349 e. The van der Waals surface area contributed by atoms with Crippen LogP contribution in [-0.2, 0) is 6.54 Å². The van der Waals surface area contributed by atoms with Gasteiger partial charge in [-0.3, -0.25) is 14.2 Å². The van der Waals surface area contributed by atoms with Gasteiger partial charge in [0.25, 0.3) is 11.5 Å². The molecule has 3 rings (SSSR count). The number of carbonyl (C=O) groups is 1. The van der Waals surface area contributed by atoms with Crippen molar-refractivity contribution in [3.63, 3.8) is 0 Å². The summed E-state index contributed by atoms with van der Waals surface area (Å²) in [5.74, 6) is -0.0695. The number of rotatable bonds is 6. The molecule has 1 aliphatic rings. The summed E-state index contributed by atoms with van der Waals surface area (Å²) >= 11 is 1.32. The van der Waals surface area contributed by atoms with Crippen LogP contribution in [0.5, 0.6) is 0 Å². The summed E-state index contributed by atoms with van der Waals surface area (Å²) < 4.78 is 1.67. The summed E-state index contributed by atoms with van der Waals surface area (Å²) in [4.78, 5) is 30.5. The maximum absolute atomic E-state index is 12.6. The molecule has 0 atom stereocenters. The van der Waals surface area contributed by atoms with E-state index >= 15 is 0 Å². The molecule has 0 aromatic carbocycles. The zero-order valence-electron chi connectivity index (χ0n) is 13.0. The number of hydrogen-bond donors (Lipinski definition) is 1. The number of unbranched alkanes of at least 4 members (excludes halogenated alkanes) is 2. The van der Waals surface area contributed by atoms with Gasteiger partial charge in [-0.05, 0) is 31.7 Å². The van der Waals surface area contributed by atoms with Crippen LogP contribution < -0.4 is 10.9 Å². The predicted molar refractivity (Wildman–Crippen MR) is 88.6 cm³/mol. The minimum Gasteiger partial charge on any atom is -0.349 e. The number of aryl methyl sites for hydroxylation is 2. The monoisotopic (exact) mass is 319 g/mol. The molecule has 1 amide bonds. The third kappa shape index (κ3) is 2.92. The van der Waals surface area contributed by atoms with Crippen LogP contribution in [0.25, 0.3) is 10.2 Å². The molecule has 0 bridgehead atoms. The molecule has 2 aromatic heterocycles. The van der Waals surface area contributed by atoms with Crippen molar-refractivity contribution in [3.8, 4) is 0 Å². The van der Waals surface area contributed by atoms with Crippen LogP contribution in [0.2, 0.25) is 0 Å². The van der Waals surface area contributed by atoms with Gasteiger partial charge in [-0.25, -0.2) is 4.98 Å². The Bertz CT molecular complexity index is 759. The number of amides is 1. The molecule has 5 nitrogen and oxygen atoms in total. The van der Waals surface area contributed by atoms with Crippen LogP contribution in [0.1, 0.15) is 54.3 Å². The average molecular weight is 319 g/mol. The van der Waals surface area contributed by atoms with Gasteiger partial charge in [0.05, 0.1) is 16.6 Å². The minimum absolute atomic E-state index is 0.0275. The van der Waals surface area contributed by atoms with E-state index in [2.05, 4.69) is 17.2 Å². The summed E-state index contributed by atoms with van der Waals surface area (Å²) in [5.41, 5.74) is 0.737. The van der Waals surface area contributed by atoms with Crippen LogP contribution in [0.15, 0.2) is 11.1 Å². The van der Waals surface area contributed by atoms with Gasteiger partial charge in [0.15, 0.2) is 0 Å². The second kappa shape index (κ2) is 6.20. The first-order valence-corrected chi connectivity index (χ1v) is 8.73. The second-order valence-corrected chi connectivity index (χ2v) is 6.93. The van der Waals surface area contributed by atoms with Crippen LogP contribution in [0.4, 0.5) is 0 Å². The normalized spacial score (nSPS) is 14.5. The molecule has 1 N–H and O–H groups in total. The average Bonchev–Trinajstić information content (AvgIpc) is 3.23. The molecule has 2 heterocycles. The van der Waals surface area contributed by atoms with Gasteiger partial charge < -0.3 is 5.32 Å². The number of carbonyl (C=O) groups excluding carboxylic acids is 1. The van der Waals surface area contributed by atoms with Crippen molar-refractivity contribution in [1.29, 1.82) is 0 Å². The summed E-state index contributed by atoms with van der Waals surface area (Å²) in [6.07, 6.45) is 6.91. The first-order valence-electron chi connectivity index (χ1n) is 7.91. The highest BCUT2D eigenvalue weighted by molar-refractivity contribution is 7.20. The van der Waals surface area contributed by atoms with E-state index in [1.807, 2.05) is 6.92 Å². The first kappa shape index (κ1) is 15.2. The fraction of sp³-hybridized carbons (Fsp3) is 0.562. The Labute approximate surface area is 133 Å². The fourth-order valence-corrected chi connectivity index (χ4v) is 3.59. The van der Waals surface area contributed by atoms with E-state index in [0.29, 0.717) is 27.7 Å². The van der Waals surface area contributed by atoms with Gasteiger partial charge in [-0.2, -0.15) is 0 Å². The number of nitrogens with zero attached hydrogens (tertiary/aromatic N) is 2. The van der Waals surface area contributed by atoms with Crippen molar-refractivity contribution in [1.82, 2.24) is 14.9 Å². The molecule has 0 unspecified atom stereocenters. The molecule has 6 heteroatoms. The highest BCUT2D eigenvalue weighted by atomic mass is 32.1. The van der Waals surface area contributed by atoms with Crippen molar-refractivity contribution >= 4 is 27.5 Å². The van der Waals surface area contributed by atoms with E-state index in [1.165, 1.54) is 11.3 Å².